The van der Waals surface area contributed by atoms with Gasteiger partial charge in [0, 0.05) is 25.6 Å². The lowest BCUT2D eigenvalue weighted by molar-refractivity contribution is -0.124. The van der Waals surface area contributed by atoms with Crippen molar-refractivity contribution in [3.63, 3.8) is 0 Å². The fourth-order valence-corrected chi connectivity index (χ4v) is 2.91. The van der Waals surface area contributed by atoms with Crippen LogP contribution in [0.1, 0.15) is 29.2 Å². The van der Waals surface area contributed by atoms with Gasteiger partial charge in [0.15, 0.2) is 0 Å². The number of hydrogen-bond donors (Lipinski definition) is 2. The Morgan fingerprint density at radius 3 is 2.75 bits per heavy atom. The number of fused-ring (bicyclic) bond motifs is 1. The predicted octanol–water partition coefficient (Wildman–Crippen LogP) is 3.35. The van der Waals surface area contributed by atoms with Gasteiger partial charge in [0.05, 0.1) is 0 Å². The van der Waals surface area contributed by atoms with E-state index in [0.29, 0.717) is 18.5 Å². The topological polar surface area (TPSA) is 41.1 Å². The molecule has 1 aliphatic rings. The van der Waals surface area contributed by atoms with E-state index in [9.17, 15) is 9.18 Å². The van der Waals surface area contributed by atoms with Crippen LogP contribution in [0.25, 0.3) is 0 Å². The van der Waals surface area contributed by atoms with Crippen LogP contribution in [-0.2, 0) is 30.8 Å². The van der Waals surface area contributed by atoms with Crippen molar-refractivity contribution in [1.82, 2.24) is 10.6 Å². The molecule has 0 saturated carbocycles. The van der Waals surface area contributed by atoms with Crippen LogP contribution in [0.2, 0.25) is 0 Å². The first-order chi connectivity index (χ1) is 11.1. The van der Waals surface area contributed by atoms with Gasteiger partial charge < -0.3 is 10.6 Å². The molecule has 0 aromatic heterocycles. The molecule has 3 nitrogen and oxygen atoms in total. The van der Waals surface area contributed by atoms with Crippen molar-refractivity contribution in [2.45, 2.75) is 33.0 Å². The van der Waals surface area contributed by atoms with Crippen LogP contribution < -0.4 is 10.6 Å². The van der Waals surface area contributed by atoms with Crippen molar-refractivity contribution >= 4 is 18.3 Å². The van der Waals surface area contributed by atoms with Gasteiger partial charge >= 0.3 is 0 Å². The number of hydrogen-bond acceptors (Lipinski definition) is 2. The van der Waals surface area contributed by atoms with Gasteiger partial charge in [-0.2, -0.15) is 0 Å². The third kappa shape index (κ3) is 4.34. The number of nitrogens with one attached hydrogen (secondary N) is 2. The van der Waals surface area contributed by atoms with Crippen LogP contribution in [0.15, 0.2) is 42.5 Å². The summed E-state index contributed by atoms with van der Waals surface area (Å²) < 4.78 is 13.7. The van der Waals surface area contributed by atoms with Gasteiger partial charge in [-0.3, -0.25) is 4.79 Å². The lowest BCUT2D eigenvalue weighted by atomic mass is 9.99. The molecule has 0 saturated heterocycles. The summed E-state index contributed by atoms with van der Waals surface area (Å²) in [6.07, 6.45) is 0.409. The summed E-state index contributed by atoms with van der Waals surface area (Å²) in [4.78, 5) is 12.2. The van der Waals surface area contributed by atoms with Crippen LogP contribution in [0.5, 0.6) is 0 Å². The highest BCUT2D eigenvalue weighted by atomic mass is 35.5. The van der Waals surface area contributed by atoms with Gasteiger partial charge in [0.2, 0.25) is 5.91 Å². The average Bonchev–Trinajstić information content (AvgIpc) is 3.02. The minimum atomic E-state index is -0.261. The Bertz CT molecular complexity index is 720. The van der Waals surface area contributed by atoms with E-state index in [1.165, 1.54) is 17.2 Å². The fourth-order valence-electron chi connectivity index (χ4n) is 2.91. The van der Waals surface area contributed by atoms with E-state index in [2.05, 4.69) is 22.8 Å². The van der Waals surface area contributed by atoms with Crippen molar-refractivity contribution in [3.8, 4) is 0 Å². The summed E-state index contributed by atoms with van der Waals surface area (Å²) in [6, 6.07) is 12.9. The maximum atomic E-state index is 13.7. The molecule has 1 amide bonds. The molecule has 0 radical (unpaired) electrons. The first-order valence-electron chi connectivity index (χ1n) is 7.96. The molecular formula is C19H22ClFN2O. The van der Waals surface area contributed by atoms with Crippen molar-refractivity contribution in [2.24, 2.45) is 5.92 Å². The molecule has 3 rings (SSSR count). The van der Waals surface area contributed by atoms with E-state index in [4.69, 9.17) is 0 Å². The zero-order valence-corrected chi connectivity index (χ0v) is 14.5. The summed E-state index contributed by atoms with van der Waals surface area (Å²) in [5.74, 6) is -0.562. The molecule has 2 N–H and O–H groups in total. The Labute approximate surface area is 148 Å². The minimum absolute atomic E-state index is 0. The number of carbonyl (C=O) groups excluding carboxylic acids is 1. The Morgan fingerprint density at radius 1 is 1.21 bits per heavy atom. The van der Waals surface area contributed by atoms with Crippen LogP contribution in [-0.4, -0.2) is 5.91 Å². The van der Waals surface area contributed by atoms with Crippen molar-refractivity contribution in [2.75, 3.05) is 0 Å². The highest BCUT2D eigenvalue weighted by molar-refractivity contribution is 5.85. The lowest BCUT2D eigenvalue weighted by Crippen LogP contribution is -2.30. The molecule has 5 heteroatoms. The number of amides is 1. The monoisotopic (exact) mass is 348 g/mol. The molecule has 1 unspecified atom stereocenters. The van der Waals surface area contributed by atoms with Gasteiger partial charge in [0.1, 0.15) is 5.82 Å². The maximum absolute atomic E-state index is 13.7. The predicted molar refractivity (Wildman–Crippen MR) is 95.3 cm³/mol. The minimum Gasteiger partial charge on any atom is -0.352 e. The van der Waals surface area contributed by atoms with Crippen molar-refractivity contribution < 1.29 is 9.18 Å². The molecule has 0 aliphatic carbocycles. The standard InChI is InChI=1S/C19H21FN2O.ClH/c1-13(8-15-4-2-3-5-18(15)20)19(23)22-10-14-6-7-16-11-21-12-17(16)9-14;/h2-7,9,13,21H,8,10-12H2,1H3,(H,22,23);1H. The first-order valence-corrected chi connectivity index (χ1v) is 7.96. The maximum Gasteiger partial charge on any atom is 0.223 e. The van der Waals surface area contributed by atoms with Crippen LogP contribution in [0.3, 0.4) is 0 Å². The number of halogens is 2. The number of benzene rings is 2. The Kier molecular flexibility index (Phi) is 6.35. The molecule has 1 atom stereocenters. The van der Waals surface area contributed by atoms with Crippen LogP contribution in [0, 0.1) is 11.7 Å². The molecule has 1 heterocycles. The van der Waals surface area contributed by atoms with E-state index in [1.54, 1.807) is 18.2 Å². The van der Waals surface area contributed by atoms with E-state index >= 15 is 0 Å². The van der Waals surface area contributed by atoms with Crippen molar-refractivity contribution in [3.05, 3.63) is 70.5 Å². The first kappa shape index (κ1) is 18.4. The summed E-state index contributed by atoms with van der Waals surface area (Å²) >= 11 is 0. The molecule has 1 aliphatic heterocycles. The lowest BCUT2D eigenvalue weighted by Gasteiger charge is -2.13. The van der Waals surface area contributed by atoms with Crippen LogP contribution >= 0.6 is 12.4 Å². The summed E-state index contributed by atoms with van der Waals surface area (Å²) in [5, 5.41) is 6.26. The molecular weight excluding hydrogens is 327 g/mol. The highest BCUT2D eigenvalue weighted by Crippen LogP contribution is 2.17. The zero-order chi connectivity index (χ0) is 16.2. The normalized spacial score (nSPS) is 13.8. The summed E-state index contributed by atoms with van der Waals surface area (Å²) in [5.41, 5.74) is 4.31. The van der Waals surface area contributed by atoms with Crippen molar-refractivity contribution in [1.29, 1.82) is 0 Å². The quantitative estimate of drug-likeness (QED) is 0.870. The molecule has 0 bridgehead atoms. The second kappa shape index (κ2) is 8.27. The van der Waals surface area contributed by atoms with Gasteiger partial charge in [0.25, 0.3) is 0 Å². The summed E-state index contributed by atoms with van der Waals surface area (Å²) in [6.45, 7) is 4.14. The average molecular weight is 349 g/mol. The fraction of sp³-hybridized carbons (Fsp3) is 0.316. The molecule has 2 aromatic carbocycles. The van der Waals surface area contributed by atoms with Gasteiger partial charge in [-0.05, 0) is 34.7 Å². The van der Waals surface area contributed by atoms with E-state index in [0.717, 1.165) is 18.7 Å². The van der Waals surface area contributed by atoms with Crippen LogP contribution in [0.4, 0.5) is 4.39 Å². The SMILES string of the molecule is CC(Cc1ccccc1F)C(=O)NCc1ccc2c(c1)CNC2.Cl. The second-order valence-electron chi connectivity index (χ2n) is 6.12. The largest absolute Gasteiger partial charge is 0.352 e. The van der Waals surface area contributed by atoms with E-state index in [-0.39, 0.29) is 30.0 Å². The Hall–Kier alpha value is -1.91. The van der Waals surface area contributed by atoms with Gasteiger partial charge in [-0.15, -0.1) is 12.4 Å². The molecule has 24 heavy (non-hydrogen) atoms. The second-order valence-corrected chi connectivity index (χ2v) is 6.12. The molecule has 128 valence electrons. The Balaban J connectivity index is 0.00000208. The third-order valence-corrected chi connectivity index (χ3v) is 4.30. The number of carbonyl (C=O) groups is 1. The molecule has 0 fully saturated rings. The van der Waals surface area contributed by atoms with Gasteiger partial charge in [-0.1, -0.05) is 43.3 Å². The Morgan fingerprint density at radius 2 is 1.96 bits per heavy atom. The third-order valence-electron chi connectivity index (χ3n) is 4.30. The number of rotatable bonds is 5. The molecule has 2 aromatic rings. The highest BCUT2D eigenvalue weighted by Gasteiger charge is 2.16. The van der Waals surface area contributed by atoms with E-state index in [1.807, 2.05) is 13.0 Å². The molecule has 0 spiro atoms. The smallest absolute Gasteiger partial charge is 0.223 e. The zero-order valence-electron chi connectivity index (χ0n) is 13.6. The summed E-state index contributed by atoms with van der Waals surface area (Å²) in [7, 11) is 0. The van der Waals surface area contributed by atoms with E-state index < -0.39 is 0 Å². The van der Waals surface area contributed by atoms with Gasteiger partial charge in [-0.25, -0.2) is 4.39 Å².